The number of carboxylic acids is 1. The monoisotopic (exact) mass is 379 g/mol. The number of nitrogens with zero attached hydrogens (tertiary/aromatic N) is 1. The largest absolute Gasteiger partial charge is 0.480 e. The van der Waals surface area contributed by atoms with Gasteiger partial charge in [-0.1, -0.05) is 25.4 Å². The smallest absolute Gasteiger partial charge is 0.341 e. The molecule has 2 aromatic rings. The first-order chi connectivity index (χ1) is 12.4. The highest BCUT2D eigenvalue weighted by Gasteiger charge is 2.19. The molecule has 3 N–H and O–H groups in total. The molecule has 1 aromatic carbocycles. The van der Waals surface area contributed by atoms with Crippen molar-refractivity contribution < 1.29 is 19.4 Å². The SMILES string of the molecule is CCc1n[nH]c(=O)c(C(=O)Nc2ccc(OCC(=O)O)c(Cl)c2)c1CC. The zero-order valence-electron chi connectivity index (χ0n) is 14.3. The summed E-state index contributed by atoms with van der Waals surface area (Å²) in [7, 11) is 0. The summed E-state index contributed by atoms with van der Waals surface area (Å²) in [6.07, 6.45) is 1.08. The van der Waals surface area contributed by atoms with Crippen LogP contribution in [-0.4, -0.2) is 33.8 Å². The Bertz CT molecular complexity index is 894. The second kappa shape index (κ2) is 8.48. The van der Waals surface area contributed by atoms with Crippen LogP contribution >= 0.6 is 11.6 Å². The van der Waals surface area contributed by atoms with Crippen LogP contribution in [0.1, 0.15) is 35.5 Å². The quantitative estimate of drug-likeness (QED) is 0.678. The summed E-state index contributed by atoms with van der Waals surface area (Å²) in [5, 5.41) is 17.7. The highest BCUT2D eigenvalue weighted by Crippen LogP contribution is 2.28. The number of aromatic amines is 1. The number of hydrogen-bond donors (Lipinski definition) is 3. The van der Waals surface area contributed by atoms with Gasteiger partial charge in [0.15, 0.2) is 6.61 Å². The van der Waals surface area contributed by atoms with Crippen molar-refractivity contribution in [1.82, 2.24) is 10.2 Å². The lowest BCUT2D eigenvalue weighted by atomic mass is 10.0. The Hall–Kier alpha value is -2.87. The van der Waals surface area contributed by atoms with E-state index in [1.807, 2.05) is 13.8 Å². The van der Waals surface area contributed by atoms with Crippen LogP contribution in [0, 0.1) is 0 Å². The van der Waals surface area contributed by atoms with E-state index in [2.05, 4.69) is 15.5 Å². The van der Waals surface area contributed by atoms with E-state index < -0.39 is 24.0 Å². The summed E-state index contributed by atoms with van der Waals surface area (Å²) in [4.78, 5) is 35.2. The van der Waals surface area contributed by atoms with Crippen molar-refractivity contribution in [1.29, 1.82) is 0 Å². The number of H-pyrrole nitrogens is 1. The standard InChI is InChI=1S/C17H18ClN3O5/c1-3-10-12(4-2)20-21-17(25)15(10)16(24)19-9-5-6-13(11(18)7-9)26-8-14(22)23/h5-7H,3-4,8H2,1-2H3,(H,19,24)(H,21,25)(H,22,23). The maximum absolute atomic E-state index is 12.6. The molecule has 138 valence electrons. The Kier molecular flexibility index (Phi) is 6.35. The minimum absolute atomic E-state index is 0.0154. The van der Waals surface area contributed by atoms with Crippen LogP contribution in [0.4, 0.5) is 5.69 Å². The van der Waals surface area contributed by atoms with Crippen LogP contribution in [0.5, 0.6) is 5.75 Å². The number of amides is 1. The van der Waals surface area contributed by atoms with Gasteiger partial charge >= 0.3 is 5.97 Å². The average Bonchev–Trinajstić information content (AvgIpc) is 2.60. The topological polar surface area (TPSA) is 121 Å². The van der Waals surface area contributed by atoms with Gasteiger partial charge in [0.2, 0.25) is 0 Å². The number of rotatable bonds is 7. The van der Waals surface area contributed by atoms with E-state index in [1.54, 1.807) is 0 Å². The van der Waals surface area contributed by atoms with Gasteiger partial charge in [-0.15, -0.1) is 0 Å². The molecule has 0 aliphatic heterocycles. The van der Waals surface area contributed by atoms with Crippen molar-refractivity contribution in [3.8, 4) is 5.75 Å². The molecule has 0 saturated carbocycles. The summed E-state index contributed by atoms with van der Waals surface area (Å²) >= 11 is 6.03. The lowest BCUT2D eigenvalue weighted by Gasteiger charge is -2.12. The maximum Gasteiger partial charge on any atom is 0.341 e. The van der Waals surface area contributed by atoms with E-state index >= 15 is 0 Å². The Morgan fingerprint density at radius 3 is 2.62 bits per heavy atom. The number of anilines is 1. The maximum atomic E-state index is 12.6. The predicted octanol–water partition coefficient (Wildman–Crippen LogP) is 2.26. The molecule has 0 atom stereocenters. The normalized spacial score (nSPS) is 10.4. The van der Waals surface area contributed by atoms with Crippen molar-refractivity contribution >= 4 is 29.2 Å². The van der Waals surface area contributed by atoms with Crippen LogP contribution in [0.2, 0.25) is 5.02 Å². The Balaban J connectivity index is 2.27. The Morgan fingerprint density at radius 2 is 2.04 bits per heavy atom. The number of carbonyl (C=O) groups is 2. The summed E-state index contributed by atoms with van der Waals surface area (Å²) in [5.74, 6) is -1.53. The average molecular weight is 380 g/mol. The second-order valence-corrected chi connectivity index (χ2v) is 5.75. The fraction of sp³-hybridized carbons (Fsp3) is 0.294. The molecular weight excluding hydrogens is 362 g/mol. The molecule has 0 fully saturated rings. The number of ether oxygens (including phenoxy) is 1. The number of benzene rings is 1. The molecule has 26 heavy (non-hydrogen) atoms. The molecule has 0 saturated heterocycles. The van der Waals surface area contributed by atoms with Crippen molar-refractivity contribution in [3.63, 3.8) is 0 Å². The lowest BCUT2D eigenvalue weighted by Crippen LogP contribution is -2.27. The lowest BCUT2D eigenvalue weighted by molar-refractivity contribution is -0.139. The van der Waals surface area contributed by atoms with Gasteiger partial charge in [0, 0.05) is 5.69 Å². The summed E-state index contributed by atoms with van der Waals surface area (Å²) in [6, 6.07) is 4.36. The van der Waals surface area contributed by atoms with Gasteiger partial charge < -0.3 is 15.2 Å². The van der Waals surface area contributed by atoms with Gasteiger partial charge in [0.25, 0.3) is 11.5 Å². The Labute approximate surface area is 154 Å². The summed E-state index contributed by atoms with van der Waals surface area (Å²) in [6.45, 7) is 3.20. The van der Waals surface area contributed by atoms with E-state index in [-0.39, 0.29) is 16.3 Å². The highest BCUT2D eigenvalue weighted by molar-refractivity contribution is 6.32. The molecule has 0 unspecified atom stereocenters. The number of carbonyl (C=O) groups excluding carboxylic acids is 1. The van der Waals surface area contributed by atoms with Gasteiger partial charge in [-0.25, -0.2) is 9.89 Å². The second-order valence-electron chi connectivity index (χ2n) is 5.34. The summed E-state index contributed by atoms with van der Waals surface area (Å²) in [5.41, 5.74) is 1.05. The first-order valence-electron chi connectivity index (χ1n) is 7.93. The van der Waals surface area contributed by atoms with Crippen LogP contribution in [0.25, 0.3) is 0 Å². The van der Waals surface area contributed by atoms with E-state index in [0.29, 0.717) is 29.8 Å². The van der Waals surface area contributed by atoms with Gasteiger partial charge in [0.1, 0.15) is 11.3 Å². The van der Waals surface area contributed by atoms with E-state index in [0.717, 1.165) is 0 Å². The first-order valence-corrected chi connectivity index (χ1v) is 8.31. The van der Waals surface area contributed by atoms with Gasteiger partial charge in [-0.2, -0.15) is 5.10 Å². The van der Waals surface area contributed by atoms with E-state index in [4.69, 9.17) is 21.4 Å². The minimum atomic E-state index is -1.13. The molecule has 2 rings (SSSR count). The summed E-state index contributed by atoms with van der Waals surface area (Å²) < 4.78 is 5.02. The molecule has 8 nitrogen and oxygen atoms in total. The predicted molar refractivity (Wildman–Crippen MR) is 96.1 cm³/mol. The molecule has 1 heterocycles. The van der Waals surface area contributed by atoms with Crippen molar-refractivity contribution in [2.75, 3.05) is 11.9 Å². The fourth-order valence-electron chi connectivity index (χ4n) is 2.47. The third-order valence-corrected chi connectivity index (χ3v) is 3.92. The Morgan fingerprint density at radius 1 is 1.31 bits per heavy atom. The number of aromatic nitrogens is 2. The van der Waals surface area contributed by atoms with Crippen LogP contribution < -0.4 is 15.6 Å². The third kappa shape index (κ3) is 4.40. The van der Waals surface area contributed by atoms with E-state index in [9.17, 15) is 14.4 Å². The fourth-order valence-corrected chi connectivity index (χ4v) is 2.70. The minimum Gasteiger partial charge on any atom is -0.480 e. The van der Waals surface area contributed by atoms with Gasteiger partial charge in [-0.05, 0) is 36.6 Å². The number of nitrogens with one attached hydrogen (secondary N) is 2. The molecule has 0 aliphatic rings. The molecule has 0 radical (unpaired) electrons. The van der Waals surface area contributed by atoms with Gasteiger partial charge in [0.05, 0.1) is 10.7 Å². The van der Waals surface area contributed by atoms with E-state index in [1.165, 1.54) is 18.2 Å². The number of aliphatic carboxylic acids is 1. The number of halogens is 1. The van der Waals surface area contributed by atoms with Crippen LogP contribution in [0.3, 0.4) is 0 Å². The molecule has 9 heteroatoms. The van der Waals surface area contributed by atoms with Crippen molar-refractivity contribution in [3.05, 3.63) is 50.4 Å². The number of hydrogen-bond acceptors (Lipinski definition) is 5. The third-order valence-electron chi connectivity index (χ3n) is 3.63. The molecule has 0 spiro atoms. The molecular formula is C17H18ClN3O5. The van der Waals surface area contributed by atoms with Crippen LogP contribution in [0.15, 0.2) is 23.0 Å². The van der Waals surface area contributed by atoms with Crippen molar-refractivity contribution in [2.45, 2.75) is 26.7 Å². The highest BCUT2D eigenvalue weighted by atomic mass is 35.5. The molecule has 0 aliphatic carbocycles. The zero-order chi connectivity index (χ0) is 19.3. The molecule has 1 amide bonds. The molecule has 0 bridgehead atoms. The number of carboxylic acid groups (broad SMARTS) is 1. The number of aryl methyl sites for hydroxylation is 1. The van der Waals surface area contributed by atoms with Crippen molar-refractivity contribution in [2.24, 2.45) is 0 Å². The zero-order valence-corrected chi connectivity index (χ0v) is 15.0. The first kappa shape index (κ1) is 19.5. The van der Waals surface area contributed by atoms with Crippen LogP contribution in [-0.2, 0) is 17.6 Å². The molecule has 1 aromatic heterocycles. The van der Waals surface area contributed by atoms with Gasteiger partial charge in [-0.3, -0.25) is 9.59 Å².